The molecule has 1 heterocycles. The van der Waals surface area contributed by atoms with E-state index in [4.69, 9.17) is 0 Å². The number of nitrogens with one attached hydrogen (secondary N) is 2. The summed E-state index contributed by atoms with van der Waals surface area (Å²) in [7, 11) is 0. The SMILES string of the molecule is C=C(Nc1nc(-c2ccccc2C(F)(F)F)nc2c1CCCC2)NC(C(CC)CCC)C1CC1. The standard InChI is InChI=1S/C27H35F3N4/c1-4-10-18(5-2)24(19-15-16-19)31-17(3)32-26-21-12-7-9-14-23(21)33-25(34-26)20-11-6-8-13-22(20)27(28,29)30/h6,8,11,13,18-19,24,31H,3-5,7,9-10,12,14-16H2,1-2H3,(H,32,33,34). The van der Waals surface area contributed by atoms with Crippen LogP contribution in [-0.4, -0.2) is 16.0 Å². The van der Waals surface area contributed by atoms with Crippen LogP contribution in [-0.2, 0) is 19.0 Å². The van der Waals surface area contributed by atoms with Crippen molar-refractivity contribution >= 4 is 5.82 Å². The van der Waals surface area contributed by atoms with Crippen molar-refractivity contribution < 1.29 is 13.2 Å². The number of hydrogen-bond donors (Lipinski definition) is 2. The smallest absolute Gasteiger partial charge is 0.369 e. The van der Waals surface area contributed by atoms with Crippen LogP contribution in [0.25, 0.3) is 11.4 Å². The van der Waals surface area contributed by atoms with Crippen molar-refractivity contribution in [2.45, 2.75) is 83.9 Å². The van der Waals surface area contributed by atoms with Gasteiger partial charge >= 0.3 is 6.18 Å². The van der Waals surface area contributed by atoms with Gasteiger partial charge in [0, 0.05) is 22.9 Å². The molecule has 34 heavy (non-hydrogen) atoms. The fraction of sp³-hybridized carbons (Fsp3) is 0.556. The molecule has 0 aliphatic heterocycles. The van der Waals surface area contributed by atoms with E-state index in [2.05, 4.69) is 41.0 Å². The minimum atomic E-state index is -4.47. The molecule has 0 saturated heterocycles. The van der Waals surface area contributed by atoms with Crippen LogP contribution in [0.3, 0.4) is 0 Å². The highest BCUT2D eigenvalue weighted by Crippen LogP contribution is 2.39. The van der Waals surface area contributed by atoms with Gasteiger partial charge in [0.05, 0.1) is 11.4 Å². The summed E-state index contributed by atoms with van der Waals surface area (Å²) in [6.07, 6.45) is 4.95. The van der Waals surface area contributed by atoms with Gasteiger partial charge in [-0.25, -0.2) is 9.97 Å². The van der Waals surface area contributed by atoms with E-state index in [1.54, 1.807) is 6.07 Å². The molecule has 0 bridgehead atoms. The summed E-state index contributed by atoms with van der Waals surface area (Å²) in [6, 6.07) is 5.88. The summed E-state index contributed by atoms with van der Waals surface area (Å²) < 4.78 is 41.1. The molecule has 2 aromatic rings. The maximum absolute atomic E-state index is 13.7. The highest BCUT2D eigenvalue weighted by molar-refractivity contribution is 5.65. The normalized spacial score (nSPS) is 17.6. The maximum atomic E-state index is 13.7. The topological polar surface area (TPSA) is 49.8 Å². The van der Waals surface area contributed by atoms with Crippen LogP contribution >= 0.6 is 0 Å². The monoisotopic (exact) mass is 472 g/mol. The molecule has 0 spiro atoms. The van der Waals surface area contributed by atoms with Crippen LogP contribution in [0, 0.1) is 11.8 Å². The fourth-order valence-electron chi connectivity index (χ4n) is 5.21. The molecule has 1 aromatic carbocycles. The molecule has 2 N–H and O–H groups in total. The Morgan fingerprint density at radius 1 is 1.12 bits per heavy atom. The number of fused-ring (bicyclic) bond motifs is 1. The molecule has 1 saturated carbocycles. The summed E-state index contributed by atoms with van der Waals surface area (Å²) >= 11 is 0. The summed E-state index contributed by atoms with van der Waals surface area (Å²) in [6.45, 7) is 8.67. The summed E-state index contributed by atoms with van der Waals surface area (Å²) in [5.41, 5.74) is 1.12. The molecule has 2 atom stereocenters. The van der Waals surface area contributed by atoms with Crippen LogP contribution in [0.4, 0.5) is 19.0 Å². The van der Waals surface area contributed by atoms with Crippen molar-refractivity contribution in [3.05, 3.63) is 53.5 Å². The maximum Gasteiger partial charge on any atom is 0.417 e. The van der Waals surface area contributed by atoms with E-state index in [0.29, 0.717) is 29.5 Å². The number of anilines is 1. The average molecular weight is 473 g/mol. The van der Waals surface area contributed by atoms with E-state index in [0.717, 1.165) is 55.8 Å². The lowest BCUT2D eigenvalue weighted by Gasteiger charge is -2.30. The van der Waals surface area contributed by atoms with Crippen molar-refractivity contribution in [2.75, 3.05) is 5.32 Å². The Balaban J connectivity index is 1.64. The molecule has 4 nitrogen and oxygen atoms in total. The molecule has 4 rings (SSSR count). The largest absolute Gasteiger partial charge is 0.417 e. The Kier molecular flexibility index (Phi) is 7.48. The Labute approximate surface area is 200 Å². The van der Waals surface area contributed by atoms with Gasteiger partial charge in [0.15, 0.2) is 5.82 Å². The second-order valence-electron chi connectivity index (χ2n) is 9.64. The van der Waals surface area contributed by atoms with Crippen molar-refractivity contribution in [3.63, 3.8) is 0 Å². The Morgan fingerprint density at radius 3 is 2.53 bits per heavy atom. The number of halogens is 3. The third-order valence-electron chi connectivity index (χ3n) is 7.09. The van der Waals surface area contributed by atoms with Gasteiger partial charge in [-0.15, -0.1) is 0 Å². The van der Waals surface area contributed by atoms with Gasteiger partial charge in [-0.2, -0.15) is 13.2 Å². The predicted molar refractivity (Wildman–Crippen MR) is 130 cm³/mol. The first kappa shape index (κ1) is 24.6. The summed E-state index contributed by atoms with van der Waals surface area (Å²) in [5.74, 6) is 2.58. The van der Waals surface area contributed by atoms with Crippen LogP contribution < -0.4 is 10.6 Å². The minimum Gasteiger partial charge on any atom is -0.369 e. The lowest BCUT2D eigenvalue weighted by molar-refractivity contribution is -0.137. The molecular formula is C27H35F3N4. The van der Waals surface area contributed by atoms with E-state index in [-0.39, 0.29) is 11.4 Å². The zero-order valence-electron chi connectivity index (χ0n) is 20.1. The van der Waals surface area contributed by atoms with Gasteiger partial charge in [0.25, 0.3) is 0 Å². The minimum absolute atomic E-state index is 0.00912. The van der Waals surface area contributed by atoms with Gasteiger partial charge in [-0.1, -0.05) is 51.5 Å². The average Bonchev–Trinajstić information content (AvgIpc) is 3.66. The molecule has 184 valence electrons. The van der Waals surface area contributed by atoms with E-state index < -0.39 is 11.7 Å². The molecule has 1 aromatic heterocycles. The third-order valence-corrected chi connectivity index (χ3v) is 7.09. The Bertz CT molecular complexity index is 1010. The first-order valence-corrected chi connectivity index (χ1v) is 12.6. The van der Waals surface area contributed by atoms with E-state index in [1.165, 1.54) is 31.4 Å². The molecular weight excluding hydrogens is 437 g/mol. The van der Waals surface area contributed by atoms with Gasteiger partial charge in [-0.05, 0) is 62.8 Å². The van der Waals surface area contributed by atoms with Crippen LogP contribution in [0.15, 0.2) is 36.7 Å². The van der Waals surface area contributed by atoms with E-state index >= 15 is 0 Å². The fourth-order valence-corrected chi connectivity index (χ4v) is 5.21. The molecule has 0 radical (unpaired) electrons. The van der Waals surface area contributed by atoms with Crippen LogP contribution in [0.1, 0.15) is 75.6 Å². The molecule has 1 fully saturated rings. The second kappa shape index (κ2) is 10.4. The van der Waals surface area contributed by atoms with Gasteiger partial charge in [0.1, 0.15) is 5.82 Å². The predicted octanol–water partition coefficient (Wildman–Crippen LogP) is 7.12. The van der Waals surface area contributed by atoms with Crippen molar-refractivity contribution in [1.29, 1.82) is 0 Å². The van der Waals surface area contributed by atoms with Crippen LogP contribution in [0.2, 0.25) is 0 Å². The molecule has 2 aliphatic rings. The zero-order valence-corrected chi connectivity index (χ0v) is 20.1. The number of rotatable bonds is 10. The third kappa shape index (κ3) is 5.56. The first-order valence-electron chi connectivity index (χ1n) is 12.6. The van der Waals surface area contributed by atoms with Crippen LogP contribution in [0.5, 0.6) is 0 Å². The highest BCUT2D eigenvalue weighted by atomic mass is 19.4. The number of aryl methyl sites for hydroxylation is 1. The van der Waals surface area contributed by atoms with E-state index in [9.17, 15) is 13.2 Å². The lowest BCUT2D eigenvalue weighted by Crippen LogP contribution is -2.39. The summed E-state index contributed by atoms with van der Waals surface area (Å²) in [4.78, 5) is 9.21. The van der Waals surface area contributed by atoms with Crippen molar-refractivity contribution in [2.24, 2.45) is 11.8 Å². The number of nitrogens with zero attached hydrogens (tertiary/aromatic N) is 2. The second-order valence-corrected chi connectivity index (χ2v) is 9.64. The van der Waals surface area contributed by atoms with Gasteiger partial charge in [-0.3, -0.25) is 0 Å². The lowest BCUT2D eigenvalue weighted by atomic mass is 9.89. The Morgan fingerprint density at radius 2 is 1.85 bits per heavy atom. The number of alkyl halides is 3. The van der Waals surface area contributed by atoms with Gasteiger partial charge < -0.3 is 10.6 Å². The molecule has 2 aliphatic carbocycles. The molecule has 7 heteroatoms. The van der Waals surface area contributed by atoms with Crippen molar-refractivity contribution in [3.8, 4) is 11.4 Å². The first-order chi connectivity index (χ1) is 16.3. The number of benzene rings is 1. The number of aromatic nitrogens is 2. The quantitative estimate of drug-likeness (QED) is 0.387. The molecule has 0 amide bonds. The Hall–Kier alpha value is -2.57. The molecule has 2 unspecified atom stereocenters. The highest BCUT2D eigenvalue weighted by Gasteiger charge is 2.36. The summed E-state index contributed by atoms with van der Waals surface area (Å²) in [5, 5.41) is 6.95. The van der Waals surface area contributed by atoms with Gasteiger partial charge in [0.2, 0.25) is 0 Å². The van der Waals surface area contributed by atoms with Crippen molar-refractivity contribution in [1.82, 2.24) is 15.3 Å². The number of hydrogen-bond acceptors (Lipinski definition) is 4. The zero-order chi connectivity index (χ0) is 24.3. The van der Waals surface area contributed by atoms with E-state index in [1.807, 2.05) is 0 Å².